The van der Waals surface area contributed by atoms with E-state index in [1.807, 2.05) is 10.5 Å². The van der Waals surface area contributed by atoms with Gasteiger partial charge in [-0.15, -0.1) is 12.4 Å². The summed E-state index contributed by atoms with van der Waals surface area (Å²) < 4.78 is 47.2. The van der Waals surface area contributed by atoms with Gasteiger partial charge >= 0.3 is 6.18 Å². The highest BCUT2D eigenvalue weighted by molar-refractivity contribution is 6.09. The van der Waals surface area contributed by atoms with Crippen molar-refractivity contribution in [3.05, 3.63) is 75.0 Å². The molecule has 1 amide bonds. The minimum atomic E-state index is -4.50. The maximum absolute atomic E-state index is 13.6. The fraction of sp³-hybridized carbons (Fsp3) is 0.346. The molecule has 1 N–H and O–H groups in total. The Morgan fingerprint density at radius 1 is 1.14 bits per heavy atom. The van der Waals surface area contributed by atoms with Gasteiger partial charge in [0, 0.05) is 36.9 Å². The van der Waals surface area contributed by atoms with Crippen LogP contribution in [0.1, 0.15) is 51.6 Å². The molecule has 1 saturated heterocycles. The molecule has 0 radical (unpaired) electrons. The number of amides is 1. The van der Waals surface area contributed by atoms with Crippen molar-refractivity contribution in [2.45, 2.75) is 38.3 Å². The molecule has 6 rings (SSSR count). The van der Waals surface area contributed by atoms with Gasteiger partial charge in [0.25, 0.3) is 11.5 Å². The van der Waals surface area contributed by atoms with Crippen LogP contribution in [0.3, 0.4) is 0 Å². The SMILES string of the molecule is Cc1cc2c(cc1C(=O)N1CCc3ccc(C(F)(F)F)cc31)[nH]c(=O)c1cnc(C3CCOCC3)n12.Cl. The Kier molecular flexibility index (Phi) is 6.27. The molecular formula is C26H24ClF3N4O3. The fourth-order valence-corrected chi connectivity index (χ4v) is 5.33. The van der Waals surface area contributed by atoms with E-state index >= 15 is 0 Å². The van der Waals surface area contributed by atoms with Gasteiger partial charge in [-0.1, -0.05) is 6.07 Å². The maximum Gasteiger partial charge on any atom is 0.416 e. The number of nitrogens with zero attached hydrogens (tertiary/aromatic N) is 3. The Morgan fingerprint density at radius 2 is 1.89 bits per heavy atom. The zero-order valence-electron chi connectivity index (χ0n) is 19.9. The molecule has 0 aliphatic carbocycles. The second-order valence-corrected chi connectivity index (χ2v) is 9.41. The molecule has 194 valence electrons. The number of halogens is 4. The number of H-pyrrole nitrogens is 1. The summed E-state index contributed by atoms with van der Waals surface area (Å²) in [4.78, 5) is 35.2. The average Bonchev–Trinajstić information content (AvgIpc) is 3.49. The standard InChI is InChI=1S/C26H23F3N4O3.ClH/c1-14-10-21-19(31-24(34)22-13-30-23(33(21)22)16-5-8-36-9-6-16)12-18(14)25(35)32-7-4-15-2-3-17(11-20(15)32)26(27,28)29;/h2-3,10-13,16H,4-9H2,1H3,(H,31,34);1H. The van der Waals surface area contributed by atoms with Gasteiger partial charge in [-0.25, -0.2) is 4.98 Å². The van der Waals surface area contributed by atoms with Gasteiger partial charge in [-0.3, -0.25) is 14.0 Å². The number of imidazole rings is 1. The van der Waals surface area contributed by atoms with E-state index in [0.29, 0.717) is 47.4 Å². The van der Waals surface area contributed by atoms with Crippen LogP contribution in [0.5, 0.6) is 0 Å². The number of fused-ring (bicyclic) bond motifs is 4. The van der Waals surface area contributed by atoms with E-state index in [1.54, 1.807) is 19.2 Å². The maximum atomic E-state index is 13.6. The lowest BCUT2D eigenvalue weighted by molar-refractivity contribution is -0.137. The number of rotatable bonds is 2. The lowest BCUT2D eigenvalue weighted by Crippen LogP contribution is -2.30. The normalized spacial score (nSPS) is 16.3. The molecule has 0 saturated carbocycles. The predicted molar refractivity (Wildman–Crippen MR) is 135 cm³/mol. The summed E-state index contributed by atoms with van der Waals surface area (Å²) in [5, 5.41) is 0. The number of anilines is 1. The molecule has 4 heterocycles. The van der Waals surface area contributed by atoms with Gasteiger partial charge in [-0.05, 0) is 61.6 Å². The average molecular weight is 533 g/mol. The first-order chi connectivity index (χ1) is 17.2. The molecule has 4 aromatic rings. The van der Waals surface area contributed by atoms with Crippen LogP contribution in [0.25, 0.3) is 16.6 Å². The molecular weight excluding hydrogens is 509 g/mol. The first kappa shape index (κ1) is 25.3. The molecule has 2 aliphatic rings. The summed E-state index contributed by atoms with van der Waals surface area (Å²) in [6, 6.07) is 6.97. The summed E-state index contributed by atoms with van der Waals surface area (Å²) in [6.45, 7) is 3.34. The van der Waals surface area contributed by atoms with Crippen LogP contribution in [0.15, 0.2) is 41.3 Å². The molecule has 0 bridgehead atoms. The molecule has 0 unspecified atom stereocenters. The number of benzene rings is 2. The van der Waals surface area contributed by atoms with Gasteiger partial charge in [0.2, 0.25) is 0 Å². The van der Waals surface area contributed by atoms with Crippen LogP contribution >= 0.6 is 12.4 Å². The molecule has 0 atom stereocenters. The highest BCUT2D eigenvalue weighted by Crippen LogP contribution is 2.37. The Labute approximate surface area is 215 Å². The zero-order valence-corrected chi connectivity index (χ0v) is 20.7. The highest BCUT2D eigenvalue weighted by Gasteiger charge is 2.34. The van der Waals surface area contributed by atoms with E-state index in [4.69, 9.17) is 4.74 Å². The summed E-state index contributed by atoms with van der Waals surface area (Å²) in [7, 11) is 0. The topological polar surface area (TPSA) is 79.7 Å². The van der Waals surface area contributed by atoms with Crippen LogP contribution in [0.2, 0.25) is 0 Å². The minimum absolute atomic E-state index is 0. The molecule has 0 spiro atoms. The third-order valence-electron chi connectivity index (χ3n) is 7.22. The van der Waals surface area contributed by atoms with E-state index in [0.717, 1.165) is 36.3 Å². The molecule has 2 aliphatic heterocycles. The predicted octanol–water partition coefficient (Wildman–Crippen LogP) is 5.02. The molecule has 2 aromatic carbocycles. The van der Waals surface area contributed by atoms with Gasteiger partial charge in [0.1, 0.15) is 11.3 Å². The first-order valence-electron chi connectivity index (χ1n) is 11.9. The molecule has 1 fully saturated rings. The summed E-state index contributed by atoms with van der Waals surface area (Å²) in [5.74, 6) is 0.538. The van der Waals surface area contributed by atoms with E-state index < -0.39 is 17.6 Å². The third kappa shape index (κ3) is 4.18. The van der Waals surface area contributed by atoms with Crippen LogP contribution < -0.4 is 10.5 Å². The second-order valence-electron chi connectivity index (χ2n) is 9.41. The smallest absolute Gasteiger partial charge is 0.381 e. The second kappa shape index (κ2) is 9.18. The Morgan fingerprint density at radius 3 is 2.62 bits per heavy atom. The monoisotopic (exact) mass is 532 g/mol. The number of carbonyl (C=O) groups excluding carboxylic acids is 1. The van der Waals surface area contributed by atoms with Crippen LogP contribution in [-0.2, 0) is 17.3 Å². The van der Waals surface area contributed by atoms with E-state index in [1.165, 1.54) is 11.0 Å². The lowest BCUT2D eigenvalue weighted by atomic mass is 9.99. The largest absolute Gasteiger partial charge is 0.416 e. The number of alkyl halides is 3. The van der Waals surface area contributed by atoms with Crippen molar-refractivity contribution >= 4 is 40.6 Å². The van der Waals surface area contributed by atoms with Gasteiger partial charge < -0.3 is 14.6 Å². The van der Waals surface area contributed by atoms with Crippen molar-refractivity contribution in [2.75, 3.05) is 24.7 Å². The molecule has 37 heavy (non-hydrogen) atoms. The van der Waals surface area contributed by atoms with Gasteiger partial charge in [-0.2, -0.15) is 13.2 Å². The summed E-state index contributed by atoms with van der Waals surface area (Å²) in [5.41, 5.74) is 2.47. The number of aromatic amines is 1. The van der Waals surface area contributed by atoms with Crippen LogP contribution in [0, 0.1) is 6.92 Å². The number of hydrogen-bond donors (Lipinski definition) is 1. The number of aromatic nitrogens is 3. The van der Waals surface area contributed by atoms with Gasteiger partial charge in [0.15, 0.2) is 0 Å². The number of carbonyl (C=O) groups is 1. The van der Waals surface area contributed by atoms with Crippen molar-refractivity contribution in [3.63, 3.8) is 0 Å². The molecule has 11 heteroatoms. The zero-order chi connectivity index (χ0) is 25.2. The van der Waals surface area contributed by atoms with Crippen molar-refractivity contribution in [2.24, 2.45) is 0 Å². The van der Waals surface area contributed by atoms with E-state index in [9.17, 15) is 22.8 Å². The third-order valence-corrected chi connectivity index (χ3v) is 7.22. The fourth-order valence-electron chi connectivity index (χ4n) is 5.33. The van der Waals surface area contributed by atoms with Crippen molar-refractivity contribution in [1.29, 1.82) is 0 Å². The van der Waals surface area contributed by atoms with Crippen LogP contribution in [0.4, 0.5) is 18.9 Å². The first-order valence-corrected chi connectivity index (χ1v) is 11.9. The summed E-state index contributed by atoms with van der Waals surface area (Å²) in [6.07, 6.45) is -0.846. The van der Waals surface area contributed by atoms with E-state index in [2.05, 4.69) is 9.97 Å². The number of hydrogen-bond acceptors (Lipinski definition) is 4. The number of nitrogens with one attached hydrogen (secondary N) is 1. The van der Waals surface area contributed by atoms with Crippen molar-refractivity contribution in [3.8, 4) is 0 Å². The number of aryl methyl sites for hydroxylation is 1. The van der Waals surface area contributed by atoms with Crippen molar-refractivity contribution < 1.29 is 22.7 Å². The molecule has 7 nitrogen and oxygen atoms in total. The number of ether oxygens (including phenoxy) is 1. The van der Waals surface area contributed by atoms with E-state index in [-0.39, 0.29) is 36.1 Å². The quantitative estimate of drug-likeness (QED) is 0.393. The highest BCUT2D eigenvalue weighted by atomic mass is 35.5. The lowest BCUT2D eigenvalue weighted by Gasteiger charge is -2.22. The summed E-state index contributed by atoms with van der Waals surface area (Å²) >= 11 is 0. The molecule has 2 aromatic heterocycles. The Hall–Kier alpha value is -3.37. The minimum Gasteiger partial charge on any atom is -0.381 e. The van der Waals surface area contributed by atoms with Gasteiger partial charge in [0.05, 0.1) is 22.8 Å². The van der Waals surface area contributed by atoms with Crippen molar-refractivity contribution in [1.82, 2.24) is 14.4 Å². The van der Waals surface area contributed by atoms with Crippen LogP contribution in [-0.4, -0.2) is 40.0 Å². The Bertz CT molecular complexity index is 1590. The Balaban J connectivity index is 0.00000280.